The third kappa shape index (κ3) is 2.91. The van der Waals surface area contributed by atoms with E-state index in [1.165, 1.54) is 6.07 Å². The van der Waals surface area contributed by atoms with Crippen molar-refractivity contribution in [2.24, 2.45) is 0 Å². The number of nitro benzene ring substituents is 1. The minimum Gasteiger partial charge on any atom is -0.334 e. The predicted octanol–water partition coefficient (Wildman–Crippen LogP) is 4.93. The maximum atomic E-state index is 11.0. The van der Waals surface area contributed by atoms with Crippen molar-refractivity contribution in [1.29, 1.82) is 0 Å². The van der Waals surface area contributed by atoms with Gasteiger partial charge in [0.25, 0.3) is 11.6 Å². The van der Waals surface area contributed by atoms with Gasteiger partial charge in [-0.05, 0) is 31.2 Å². The SMILES string of the molecule is Cc1c(-c2nc(-c3ccc(Cl)cc3Cl)no2)cccc1[N+](=O)[O-]. The maximum absolute atomic E-state index is 11.0. The van der Waals surface area contributed by atoms with Crippen molar-refractivity contribution in [1.82, 2.24) is 10.1 Å². The summed E-state index contributed by atoms with van der Waals surface area (Å²) in [7, 11) is 0. The number of aromatic nitrogens is 2. The van der Waals surface area contributed by atoms with Crippen LogP contribution >= 0.6 is 23.2 Å². The first kappa shape index (κ1) is 15.5. The molecule has 3 rings (SSSR count). The van der Waals surface area contributed by atoms with Crippen LogP contribution in [0.3, 0.4) is 0 Å². The standard InChI is InChI=1S/C15H9Cl2N3O3/c1-8-10(3-2-4-13(8)20(21)22)15-18-14(19-23-15)11-6-5-9(16)7-12(11)17/h2-7H,1H3. The second kappa shape index (κ2) is 5.98. The molecule has 0 fully saturated rings. The molecule has 116 valence electrons. The first-order chi connectivity index (χ1) is 11.0. The van der Waals surface area contributed by atoms with E-state index in [0.717, 1.165) is 0 Å². The molecule has 0 N–H and O–H groups in total. The molecule has 1 heterocycles. The van der Waals surface area contributed by atoms with Crippen molar-refractivity contribution in [3.8, 4) is 22.8 Å². The molecule has 0 amide bonds. The molecule has 6 nitrogen and oxygen atoms in total. The Bertz CT molecular complexity index is 909. The molecule has 0 saturated heterocycles. The monoisotopic (exact) mass is 349 g/mol. The molecular weight excluding hydrogens is 341 g/mol. The highest BCUT2D eigenvalue weighted by Gasteiger charge is 2.19. The van der Waals surface area contributed by atoms with E-state index in [0.29, 0.717) is 26.7 Å². The molecule has 23 heavy (non-hydrogen) atoms. The van der Waals surface area contributed by atoms with Crippen molar-refractivity contribution in [2.75, 3.05) is 0 Å². The predicted molar refractivity (Wildman–Crippen MR) is 86.6 cm³/mol. The van der Waals surface area contributed by atoms with Gasteiger partial charge in [0, 0.05) is 27.8 Å². The molecule has 8 heteroatoms. The van der Waals surface area contributed by atoms with Gasteiger partial charge in [0.2, 0.25) is 5.82 Å². The molecule has 1 aromatic heterocycles. The third-order valence-electron chi connectivity index (χ3n) is 3.33. The highest BCUT2D eigenvalue weighted by molar-refractivity contribution is 6.36. The molecule has 0 bridgehead atoms. The van der Waals surface area contributed by atoms with Crippen LogP contribution in [0.15, 0.2) is 40.9 Å². The van der Waals surface area contributed by atoms with Crippen molar-refractivity contribution in [2.45, 2.75) is 6.92 Å². The Labute approximate surface area is 140 Å². The van der Waals surface area contributed by atoms with E-state index in [1.54, 1.807) is 37.3 Å². The lowest BCUT2D eigenvalue weighted by Crippen LogP contribution is -1.93. The Morgan fingerprint density at radius 1 is 1.17 bits per heavy atom. The summed E-state index contributed by atoms with van der Waals surface area (Å²) >= 11 is 12.0. The average molecular weight is 350 g/mol. The number of halogens is 2. The Balaban J connectivity index is 2.06. The summed E-state index contributed by atoms with van der Waals surface area (Å²) in [5, 5.41) is 15.8. The van der Waals surface area contributed by atoms with E-state index in [2.05, 4.69) is 10.1 Å². The second-order valence-electron chi connectivity index (χ2n) is 4.75. The molecule has 0 radical (unpaired) electrons. The average Bonchev–Trinajstić information content (AvgIpc) is 2.96. The molecule has 2 aromatic carbocycles. The van der Waals surface area contributed by atoms with Crippen LogP contribution in [0, 0.1) is 17.0 Å². The van der Waals surface area contributed by atoms with E-state index in [9.17, 15) is 10.1 Å². The summed E-state index contributed by atoms with van der Waals surface area (Å²) in [6.45, 7) is 1.63. The summed E-state index contributed by atoms with van der Waals surface area (Å²) in [5.41, 5.74) is 1.51. The Morgan fingerprint density at radius 3 is 2.65 bits per heavy atom. The Hall–Kier alpha value is -2.44. The zero-order valence-corrected chi connectivity index (χ0v) is 13.3. The van der Waals surface area contributed by atoms with Gasteiger partial charge in [-0.1, -0.05) is 34.4 Å². The summed E-state index contributed by atoms with van der Waals surface area (Å²) in [6, 6.07) is 9.60. The largest absolute Gasteiger partial charge is 0.334 e. The van der Waals surface area contributed by atoms with Gasteiger partial charge >= 0.3 is 0 Å². The summed E-state index contributed by atoms with van der Waals surface area (Å²) < 4.78 is 5.23. The van der Waals surface area contributed by atoms with E-state index >= 15 is 0 Å². The molecule has 0 aliphatic heterocycles. The molecule has 0 aliphatic carbocycles. The molecule has 0 spiro atoms. The maximum Gasteiger partial charge on any atom is 0.273 e. The molecular formula is C15H9Cl2N3O3. The minimum absolute atomic E-state index is 0.00762. The Morgan fingerprint density at radius 2 is 1.96 bits per heavy atom. The van der Waals surface area contributed by atoms with Crippen molar-refractivity contribution in [3.05, 3.63) is 62.1 Å². The van der Waals surface area contributed by atoms with E-state index < -0.39 is 4.92 Å². The van der Waals surface area contributed by atoms with Gasteiger partial charge in [0.05, 0.1) is 9.95 Å². The number of hydrogen-bond donors (Lipinski definition) is 0. The van der Waals surface area contributed by atoms with Crippen LogP contribution in [0.5, 0.6) is 0 Å². The van der Waals surface area contributed by atoms with E-state index in [1.807, 2.05) is 0 Å². The first-order valence-corrected chi connectivity index (χ1v) is 7.26. The van der Waals surface area contributed by atoms with Crippen molar-refractivity contribution < 1.29 is 9.45 Å². The normalized spacial score (nSPS) is 10.7. The Kier molecular flexibility index (Phi) is 4.02. The fourth-order valence-corrected chi connectivity index (χ4v) is 2.66. The van der Waals surface area contributed by atoms with Gasteiger partial charge in [-0.25, -0.2) is 0 Å². The summed E-state index contributed by atoms with van der Waals surface area (Å²) in [6.07, 6.45) is 0. The number of nitrogens with zero attached hydrogens (tertiary/aromatic N) is 3. The smallest absolute Gasteiger partial charge is 0.273 e. The molecule has 0 unspecified atom stereocenters. The van der Waals surface area contributed by atoms with Gasteiger partial charge in [0.1, 0.15) is 0 Å². The second-order valence-corrected chi connectivity index (χ2v) is 5.60. The highest BCUT2D eigenvalue weighted by atomic mass is 35.5. The molecule has 0 saturated carbocycles. The molecule has 0 atom stereocenters. The highest BCUT2D eigenvalue weighted by Crippen LogP contribution is 2.32. The fourth-order valence-electron chi connectivity index (χ4n) is 2.17. The number of hydrogen-bond acceptors (Lipinski definition) is 5. The first-order valence-electron chi connectivity index (χ1n) is 6.51. The van der Waals surface area contributed by atoms with Crippen LogP contribution in [0.4, 0.5) is 5.69 Å². The van der Waals surface area contributed by atoms with Crippen LogP contribution < -0.4 is 0 Å². The van der Waals surface area contributed by atoms with Gasteiger partial charge in [-0.15, -0.1) is 0 Å². The third-order valence-corrected chi connectivity index (χ3v) is 3.88. The minimum atomic E-state index is -0.452. The van der Waals surface area contributed by atoms with Gasteiger partial charge in [0.15, 0.2) is 0 Å². The van der Waals surface area contributed by atoms with Crippen molar-refractivity contribution in [3.63, 3.8) is 0 Å². The van der Waals surface area contributed by atoms with Crippen LogP contribution in [-0.2, 0) is 0 Å². The quantitative estimate of drug-likeness (QED) is 0.494. The zero-order chi connectivity index (χ0) is 16.6. The number of benzene rings is 2. The molecule has 0 aliphatic rings. The zero-order valence-electron chi connectivity index (χ0n) is 11.8. The molecule has 3 aromatic rings. The number of rotatable bonds is 3. The van der Waals surface area contributed by atoms with Crippen LogP contribution in [0.2, 0.25) is 10.0 Å². The van der Waals surface area contributed by atoms with Crippen LogP contribution in [0.1, 0.15) is 5.56 Å². The lowest BCUT2D eigenvalue weighted by Gasteiger charge is -2.01. The van der Waals surface area contributed by atoms with Gasteiger partial charge < -0.3 is 4.52 Å². The van der Waals surface area contributed by atoms with Crippen molar-refractivity contribution >= 4 is 28.9 Å². The fraction of sp³-hybridized carbons (Fsp3) is 0.0667. The topological polar surface area (TPSA) is 82.1 Å². The van der Waals surface area contributed by atoms with Gasteiger partial charge in [-0.3, -0.25) is 10.1 Å². The van der Waals surface area contributed by atoms with E-state index in [4.69, 9.17) is 27.7 Å². The van der Waals surface area contributed by atoms with Gasteiger partial charge in [-0.2, -0.15) is 4.98 Å². The summed E-state index contributed by atoms with van der Waals surface area (Å²) in [5.74, 6) is 0.472. The number of nitro groups is 1. The van der Waals surface area contributed by atoms with Crippen LogP contribution in [-0.4, -0.2) is 15.1 Å². The summed E-state index contributed by atoms with van der Waals surface area (Å²) in [4.78, 5) is 14.8. The van der Waals surface area contributed by atoms with Crippen LogP contribution in [0.25, 0.3) is 22.8 Å². The lowest BCUT2D eigenvalue weighted by molar-refractivity contribution is -0.385. The lowest BCUT2D eigenvalue weighted by atomic mass is 10.1. The van der Waals surface area contributed by atoms with E-state index in [-0.39, 0.29) is 17.4 Å².